The lowest BCUT2D eigenvalue weighted by Crippen LogP contribution is -2.40. The molecular weight excluding hydrogens is 338 g/mol. The van der Waals surface area contributed by atoms with Crippen LogP contribution in [0.4, 0.5) is 5.69 Å². The smallest absolute Gasteiger partial charge is 0.243 e. The van der Waals surface area contributed by atoms with Crippen molar-refractivity contribution in [1.29, 1.82) is 0 Å². The molecule has 0 aromatic heterocycles. The standard InChI is InChI=1S/C14H16BrN3O3/c15-10-4-1-2-5-11(10)17-12(19)8-16-13(20)9-18-7-3-6-14(18)21/h1-2,4-5H,3,6-9H2,(H,16,20)(H,17,19). The number of rotatable bonds is 5. The number of carbonyl (C=O) groups excluding carboxylic acids is 3. The molecule has 1 aromatic carbocycles. The van der Waals surface area contributed by atoms with Gasteiger partial charge >= 0.3 is 0 Å². The topological polar surface area (TPSA) is 78.5 Å². The molecule has 0 bridgehead atoms. The molecule has 7 heteroatoms. The number of hydrogen-bond donors (Lipinski definition) is 2. The summed E-state index contributed by atoms with van der Waals surface area (Å²) in [5, 5.41) is 5.20. The van der Waals surface area contributed by atoms with Crippen LogP contribution in [-0.2, 0) is 14.4 Å². The molecule has 3 amide bonds. The van der Waals surface area contributed by atoms with Crippen molar-refractivity contribution in [3.63, 3.8) is 0 Å². The maximum Gasteiger partial charge on any atom is 0.243 e. The Morgan fingerprint density at radius 1 is 1.24 bits per heavy atom. The number of carbonyl (C=O) groups is 3. The van der Waals surface area contributed by atoms with Crippen molar-refractivity contribution in [2.75, 3.05) is 25.0 Å². The summed E-state index contributed by atoms with van der Waals surface area (Å²) in [5.74, 6) is -0.654. The molecule has 21 heavy (non-hydrogen) atoms. The van der Waals surface area contributed by atoms with E-state index in [-0.39, 0.29) is 30.8 Å². The van der Waals surface area contributed by atoms with Gasteiger partial charge in [0, 0.05) is 17.4 Å². The third kappa shape index (κ3) is 4.56. The van der Waals surface area contributed by atoms with Crippen molar-refractivity contribution in [3.05, 3.63) is 28.7 Å². The number of anilines is 1. The number of likely N-dealkylation sites (tertiary alicyclic amines) is 1. The molecule has 1 heterocycles. The molecule has 6 nitrogen and oxygen atoms in total. The number of para-hydroxylation sites is 1. The lowest BCUT2D eigenvalue weighted by molar-refractivity contribution is -0.133. The fraction of sp³-hybridized carbons (Fsp3) is 0.357. The van der Waals surface area contributed by atoms with Crippen LogP contribution < -0.4 is 10.6 Å². The number of nitrogens with zero attached hydrogens (tertiary/aromatic N) is 1. The Kier molecular flexibility index (Phi) is 5.32. The molecule has 0 spiro atoms. The first kappa shape index (κ1) is 15.5. The predicted molar refractivity (Wildman–Crippen MR) is 81.6 cm³/mol. The molecule has 1 aromatic rings. The quantitative estimate of drug-likeness (QED) is 0.832. The molecule has 2 N–H and O–H groups in total. The summed E-state index contributed by atoms with van der Waals surface area (Å²) in [6.45, 7) is 0.499. The van der Waals surface area contributed by atoms with Crippen molar-refractivity contribution in [3.8, 4) is 0 Å². The minimum absolute atomic E-state index is 0.0113. The van der Waals surface area contributed by atoms with Crippen LogP contribution in [0.1, 0.15) is 12.8 Å². The number of nitrogens with one attached hydrogen (secondary N) is 2. The third-order valence-electron chi connectivity index (χ3n) is 3.10. The first-order valence-electron chi connectivity index (χ1n) is 6.65. The fourth-order valence-electron chi connectivity index (χ4n) is 2.04. The van der Waals surface area contributed by atoms with Gasteiger partial charge in [0.05, 0.1) is 18.8 Å². The van der Waals surface area contributed by atoms with E-state index in [1.807, 2.05) is 12.1 Å². The van der Waals surface area contributed by atoms with Crippen LogP contribution >= 0.6 is 15.9 Å². The monoisotopic (exact) mass is 353 g/mol. The molecule has 1 aliphatic rings. The van der Waals surface area contributed by atoms with Crippen LogP contribution in [-0.4, -0.2) is 42.3 Å². The highest BCUT2D eigenvalue weighted by Crippen LogP contribution is 2.20. The van der Waals surface area contributed by atoms with Gasteiger partial charge in [-0.15, -0.1) is 0 Å². The van der Waals surface area contributed by atoms with Crippen LogP contribution in [0.3, 0.4) is 0 Å². The van der Waals surface area contributed by atoms with Gasteiger partial charge in [-0.1, -0.05) is 12.1 Å². The number of halogens is 1. The molecule has 2 rings (SSSR count). The second kappa shape index (κ2) is 7.21. The lowest BCUT2D eigenvalue weighted by Gasteiger charge is -2.15. The minimum Gasteiger partial charge on any atom is -0.345 e. The molecule has 0 atom stereocenters. The van der Waals surface area contributed by atoms with E-state index in [1.54, 1.807) is 12.1 Å². The van der Waals surface area contributed by atoms with Crippen LogP contribution in [0.25, 0.3) is 0 Å². The summed E-state index contributed by atoms with van der Waals surface area (Å²) < 4.78 is 0.771. The highest BCUT2D eigenvalue weighted by Gasteiger charge is 2.22. The van der Waals surface area contributed by atoms with Gasteiger partial charge in [-0.25, -0.2) is 0 Å². The molecule has 0 radical (unpaired) electrons. The second-order valence-corrected chi connectivity index (χ2v) is 5.58. The molecule has 1 aliphatic heterocycles. The number of hydrogen-bond acceptors (Lipinski definition) is 3. The van der Waals surface area contributed by atoms with Crippen LogP contribution in [0.5, 0.6) is 0 Å². The summed E-state index contributed by atoms with van der Waals surface area (Å²) in [6, 6.07) is 7.21. The average Bonchev–Trinajstić information content (AvgIpc) is 2.85. The van der Waals surface area contributed by atoms with E-state index >= 15 is 0 Å². The van der Waals surface area contributed by atoms with Gasteiger partial charge in [0.25, 0.3) is 0 Å². The molecule has 1 fully saturated rings. The summed E-state index contributed by atoms with van der Waals surface area (Å²) >= 11 is 3.32. The Bertz CT molecular complexity index is 562. The van der Waals surface area contributed by atoms with E-state index in [9.17, 15) is 14.4 Å². The van der Waals surface area contributed by atoms with Gasteiger partial charge in [0.2, 0.25) is 17.7 Å². The zero-order valence-corrected chi connectivity index (χ0v) is 13.0. The lowest BCUT2D eigenvalue weighted by atomic mass is 10.3. The zero-order valence-electron chi connectivity index (χ0n) is 11.4. The Balaban J connectivity index is 1.75. The largest absolute Gasteiger partial charge is 0.345 e. The molecule has 0 saturated carbocycles. The van der Waals surface area contributed by atoms with Gasteiger partial charge < -0.3 is 15.5 Å². The SMILES string of the molecule is O=C(CN1CCCC1=O)NCC(=O)Nc1ccccc1Br. The van der Waals surface area contributed by atoms with Gasteiger partial charge in [0.1, 0.15) is 0 Å². The minimum atomic E-state index is -0.326. The first-order chi connectivity index (χ1) is 10.1. The molecule has 112 valence electrons. The average molecular weight is 354 g/mol. The Labute approximate surface area is 131 Å². The molecule has 0 aliphatic carbocycles. The maximum absolute atomic E-state index is 11.7. The van der Waals surface area contributed by atoms with Crippen molar-refractivity contribution >= 4 is 39.3 Å². The van der Waals surface area contributed by atoms with Crippen molar-refractivity contribution in [2.24, 2.45) is 0 Å². The molecular formula is C14H16BrN3O3. The van der Waals surface area contributed by atoms with Gasteiger partial charge in [-0.05, 0) is 34.5 Å². The first-order valence-corrected chi connectivity index (χ1v) is 7.44. The second-order valence-electron chi connectivity index (χ2n) is 4.72. The molecule has 1 saturated heterocycles. The summed E-state index contributed by atoms with van der Waals surface area (Å²) in [7, 11) is 0. The summed E-state index contributed by atoms with van der Waals surface area (Å²) in [5.41, 5.74) is 0.645. The summed E-state index contributed by atoms with van der Waals surface area (Å²) in [4.78, 5) is 36.3. The van der Waals surface area contributed by atoms with E-state index in [1.165, 1.54) is 4.90 Å². The van der Waals surface area contributed by atoms with Crippen LogP contribution in [0.15, 0.2) is 28.7 Å². The Morgan fingerprint density at radius 2 is 2.00 bits per heavy atom. The maximum atomic E-state index is 11.7. The molecule has 0 unspecified atom stereocenters. The fourth-order valence-corrected chi connectivity index (χ4v) is 2.42. The van der Waals surface area contributed by atoms with E-state index in [0.717, 1.165) is 10.9 Å². The van der Waals surface area contributed by atoms with E-state index in [0.29, 0.717) is 18.7 Å². The van der Waals surface area contributed by atoms with Gasteiger partial charge in [-0.3, -0.25) is 14.4 Å². The predicted octanol–water partition coefficient (Wildman–Crippen LogP) is 1.13. The summed E-state index contributed by atoms with van der Waals surface area (Å²) in [6.07, 6.45) is 1.28. The Hall–Kier alpha value is -1.89. The normalized spacial score (nSPS) is 14.1. The van der Waals surface area contributed by atoms with E-state index < -0.39 is 0 Å². The Morgan fingerprint density at radius 3 is 2.67 bits per heavy atom. The number of benzene rings is 1. The van der Waals surface area contributed by atoms with Crippen molar-refractivity contribution in [2.45, 2.75) is 12.8 Å². The van der Waals surface area contributed by atoms with E-state index in [2.05, 4.69) is 26.6 Å². The van der Waals surface area contributed by atoms with E-state index in [4.69, 9.17) is 0 Å². The van der Waals surface area contributed by atoms with Gasteiger partial charge in [0.15, 0.2) is 0 Å². The third-order valence-corrected chi connectivity index (χ3v) is 3.79. The van der Waals surface area contributed by atoms with Crippen LogP contribution in [0.2, 0.25) is 0 Å². The highest BCUT2D eigenvalue weighted by atomic mass is 79.9. The zero-order chi connectivity index (χ0) is 15.2. The van der Waals surface area contributed by atoms with Crippen LogP contribution in [0, 0.1) is 0 Å². The van der Waals surface area contributed by atoms with Gasteiger partial charge in [-0.2, -0.15) is 0 Å². The van der Waals surface area contributed by atoms with Crippen molar-refractivity contribution < 1.29 is 14.4 Å². The highest BCUT2D eigenvalue weighted by molar-refractivity contribution is 9.10. The van der Waals surface area contributed by atoms with Crippen molar-refractivity contribution in [1.82, 2.24) is 10.2 Å². The number of amides is 3.